The second-order valence-corrected chi connectivity index (χ2v) is 8.55. The molecule has 7 nitrogen and oxygen atoms in total. The van der Waals surface area contributed by atoms with E-state index in [0.29, 0.717) is 17.0 Å². The summed E-state index contributed by atoms with van der Waals surface area (Å²) in [6.07, 6.45) is 0.383. The fraction of sp³-hybridized carbons (Fsp3) is 0.467. The molecule has 0 spiro atoms. The Bertz CT molecular complexity index is 720. The molecule has 0 saturated carbocycles. The van der Waals surface area contributed by atoms with Crippen LogP contribution in [0.25, 0.3) is 0 Å². The van der Waals surface area contributed by atoms with Crippen molar-refractivity contribution in [2.24, 2.45) is 0 Å². The Morgan fingerprint density at radius 1 is 1.29 bits per heavy atom. The molecule has 9 heteroatoms. The summed E-state index contributed by atoms with van der Waals surface area (Å²) in [7, 11) is -3.09. The number of carbonyl (C=O) groups is 2. The molecule has 1 fully saturated rings. The first-order valence-corrected chi connectivity index (χ1v) is 9.58. The Balaban J connectivity index is 1.69. The van der Waals surface area contributed by atoms with Gasteiger partial charge in [-0.1, -0.05) is 11.6 Å². The number of hydrogen-bond acceptors (Lipinski definition) is 5. The van der Waals surface area contributed by atoms with Crippen molar-refractivity contribution in [3.63, 3.8) is 0 Å². The molecule has 0 aliphatic carbocycles. The number of benzene rings is 1. The zero-order valence-electron chi connectivity index (χ0n) is 13.2. The van der Waals surface area contributed by atoms with E-state index >= 15 is 0 Å². The Morgan fingerprint density at radius 2 is 1.96 bits per heavy atom. The monoisotopic (exact) mass is 374 g/mol. The van der Waals surface area contributed by atoms with E-state index in [9.17, 15) is 18.0 Å². The van der Waals surface area contributed by atoms with Crippen LogP contribution in [-0.4, -0.2) is 50.6 Å². The lowest BCUT2D eigenvalue weighted by Gasteiger charge is -2.23. The van der Waals surface area contributed by atoms with Crippen molar-refractivity contribution in [2.45, 2.75) is 18.9 Å². The lowest BCUT2D eigenvalue weighted by molar-refractivity contribution is 0.0510. The number of ether oxygens (including phenoxy) is 1. The van der Waals surface area contributed by atoms with Gasteiger partial charge in [0.15, 0.2) is 9.84 Å². The Kier molecular flexibility index (Phi) is 5.71. The van der Waals surface area contributed by atoms with Crippen LogP contribution >= 0.6 is 11.6 Å². The van der Waals surface area contributed by atoms with Gasteiger partial charge in [-0.05, 0) is 37.6 Å². The van der Waals surface area contributed by atoms with Gasteiger partial charge in [-0.3, -0.25) is 0 Å². The number of hydrogen-bond donors (Lipinski definition) is 2. The van der Waals surface area contributed by atoms with Crippen molar-refractivity contribution in [2.75, 3.05) is 24.7 Å². The van der Waals surface area contributed by atoms with E-state index in [2.05, 4.69) is 10.6 Å². The number of sulfone groups is 1. The molecule has 2 rings (SSSR count). The number of amides is 2. The molecule has 24 heavy (non-hydrogen) atoms. The van der Waals surface area contributed by atoms with E-state index < -0.39 is 27.4 Å². The first-order chi connectivity index (χ1) is 11.2. The van der Waals surface area contributed by atoms with Crippen molar-refractivity contribution in [1.82, 2.24) is 10.6 Å². The van der Waals surface area contributed by atoms with E-state index in [1.807, 2.05) is 0 Å². The maximum absolute atomic E-state index is 11.8. The predicted octanol–water partition coefficient (Wildman–Crippen LogP) is 1.37. The van der Waals surface area contributed by atoms with Crippen LogP contribution in [0.15, 0.2) is 24.3 Å². The zero-order chi connectivity index (χ0) is 17.8. The minimum atomic E-state index is -3.09. The van der Waals surface area contributed by atoms with Crippen LogP contribution in [0.2, 0.25) is 5.02 Å². The predicted molar refractivity (Wildman–Crippen MR) is 89.9 cm³/mol. The molecule has 1 aromatic carbocycles. The van der Waals surface area contributed by atoms with Crippen LogP contribution in [0.1, 0.15) is 23.7 Å². The van der Waals surface area contributed by atoms with E-state index in [0.717, 1.165) is 0 Å². The summed E-state index contributed by atoms with van der Waals surface area (Å²) < 4.78 is 28.0. The van der Waals surface area contributed by atoms with E-state index in [4.69, 9.17) is 16.3 Å². The van der Waals surface area contributed by atoms with Gasteiger partial charge in [0.2, 0.25) is 0 Å². The number of rotatable bonds is 5. The minimum Gasteiger partial charge on any atom is -0.460 e. The Morgan fingerprint density at radius 3 is 2.54 bits per heavy atom. The molecule has 1 saturated heterocycles. The highest BCUT2D eigenvalue weighted by Crippen LogP contribution is 2.22. The third-order valence-electron chi connectivity index (χ3n) is 3.62. The molecule has 132 valence electrons. The number of urea groups is 1. The number of nitrogens with one attached hydrogen (secondary N) is 2. The second kappa shape index (κ2) is 7.40. The van der Waals surface area contributed by atoms with Gasteiger partial charge in [0.05, 0.1) is 29.2 Å². The van der Waals surface area contributed by atoms with Gasteiger partial charge in [0.25, 0.3) is 0 Å². The highest BCUT2D eigenvalue weighted by Gasteiger charge is 2.39. The average molecular weight is 375 g/mol. The third kappa shape index (κ3) is 5.38. The Hall–Kier alpha value is -1.80. The van der Waals surface area contributed by atoms with Gasteiger partial charge < -0.3 is 15.4 Å². The summed E-state index contributed by atoms with van der Waals surface area (Å²) >= 11 is 5.73. The molecule has 0 radical (unpaired) electrons. The van der Waals surface area contributed by atoms with Crippen molar-refractivity contribution >= 4 is 33.4 Å². The molecule has 1 aromatic rings. The molecule has 1 aliphatic rings. The molecule has 1 unspecified atom stereocenters. The fourth-order valence-electron chi connectivity index (χ4n) is 2.40. The van der Waals surface area contributed by atoms with Crippen LogP contribution in [0.3, 0.4) is 0 Å². The van der Waals surface area contributed by atoms with Gasteiger partial charge in [-0.25, -0.2) is 18.0 Å². The van der Waals surface area contributed by atoms with Crippen molar-refractivity contribution in [3.8, 4) is 0 Å². The minimum absolute atomic E-state index is 0.00386. The average Bonchev–Trinajstić information content (AvgIpc) is 2.77. The van der Waals surface area contributed by atoms with Gasteiger partial charge in [-0.15, -0.1) is 0 Å². The first kappa shape index (κ1) is 18.5. The molecule has 0 bridgehead atoms. The molecule has 1 atom stereocenters. The summed E-state index contributed by atoms with van der Waals surface area (Å²) in [5, 5.41) is 5.71. The van der Waals surface area contributed by atoms with Crippen LogP contribution in [0.4, 0.5) is 4.79 Å². The molecular weight excluding hydrogens is 356 g/mol. The molecule has 1 aliphatic heterocycles. The molecule has 2 amide bonds. The second-order valence-electron chi connectivity index (χ2n) is 5.93. The summed E-state index contributed by atoms with van der Waals surface area (Å²) in [5.41, 5.74) is -0.393. The van der Waals surface area contributed by atoms with Crippen molar-refractivity contribution < 1.29 is 22.7 Å². The van der Waals surface area contributed by atoms with Gasteiger partial charge in [0, 0.05) is 5.02 Å². The van der Waals surface area contributed by atoms with Crippen molar-refractivity contribution in [1.29, 1.82) is 0 Å². The first-order valence-electron chi connectivity index (χ1n) is 7.38. The number of carbonyl (C=O) groups excluding carboxylic acids is 2. The molecule has 1 heterocycles. The summed E-state index contributed by atoms with van der Waals surface area (Å²) in [6.45, 7) is 1.82. The van der Waals surface area contributed by atoms with Crippen LogP contribution in [-0.2, 0) is 14.6 Å². The summed E-state index contributed by atoms with van der Waals surface area (Å²) in [6, 6.07) is 5.77. The number of halogens is 1. The quantitative estimate of drug-likeness (QED) is 0.598. The summed E-state index contributed by atoms with van der Waals surface area (Å²) in [5.74, 6) is -0.510. The molecular formula is C15H19ClN2O5S. The highest BCUT2D eigenvalue weighted by molar-refractivity contribution is 7.91. The summed E-state index contributed by atoms with van der Waals surface area (Å²) in [4.78, 5) is 23.5. The largest absolute Gasteiger partial charge is 0.460 e. The zero-order valence-corrected chi connectivity index (χ0v) is 14.7. The fourth-order valence-corrected chi connectivity index (χ4v) is 4.62. The number of esters is 1. The topological polar surface area (TPSA) is 102 Å². The van der Waals surface area contributed by atoms with E-state index in [1.165, 1.54) is 0 Å². The molecule has 0 aromatic heterocycles. The Labute approximate surface area is 145 Å². The maximum atomic E-state index is 11.8. The van der Waals surface area contributed by atoms with Crippen molar-refractivity contribution in [3.05, 3.63) is 34.9 Å². The lowest BCUT2D eigenvalue weighted by Crippen LogP contribution is -2.51. The van der Waals surface area contributed by atoms with Crippen LogP contribution < -0.4 is 10.6 Å². The normalized spacial score (nSPS) is 21.9. The van der Waals surface area contributed by atoms with E-state index in [1.54, 1.807) is 31.2 Å². The van der Waals surface area contributed by atoms with Gasteiger partial charge in [-0.2, -0.15) is 0 Å². The van der Waals surface area contributed by atoms with E-state index in [-0.39, 0.29) is 24.7 Å². The SMILES string of the molecule is CC1(NC(=O)NCCOC(=O)c2ccc(Cl)cc2)CCS(=O)(=O)C1. The smallest absolute Gasteiger partial charge is 0.338 e. The standard InChI is InChI=1S/C15H19ClN2O5S/c1-15(6-9-24(21,22)10-15)18-14(20)17-7-8-23-13(19)11-2-4-12(16)5-3-11/h2-5H,6-10H2,1H3,(H2,17,18,20). The van der Waals surface area contributed by atoms with Crippen LogP contribution in [0, 0.1) is 0 Å². The lowest BCUT2D eigenvalue weighted by atomic mass is 10.0. The van der Waals surface area contributed by atoms with Gasteiger partial charge >= 0.3 is 12.0 Å². The molecule has 2 N–H and O–H groups in total. The maximum Gasteiger partial charge on any atom is 0.338 e. The van der Waals surface area contributed by atoms with Gasteiger partial charge in [0.1, 0.15) is 6.61 Å². The third-order valence-corrected chi connectivity index (χ3v) is 5.77. The highest BCUT2D eigenvalue weighted by atomic mass is 35.5. The van der Waals surface area contributed by atoms with Crippen LogP contribution in [0.5, 0.6) is 0 Å².